The summed E-state index contributed by atoms with van der Waals surface area (Å²) in [5.41, 5.74) is 3.68. The van der Waals surface area contributed by atoms with Gasteiger partial charge in [-0.1, -0.05) is 18.2 Å². The zero-order valence-electron chi connectivity index (χ0n) is 16.0. The van der Waals surface area contributed by atoms with Gasteiger partial charge in [-0.15, -0.1) is 0 Å². The molecule has 1 heterocycles. The first-order valence-corrected chi connectivity index (χ1v) is 9.08. The van der Waals surface area contributed by atoms with Crippen LogP contribution in [0.5, 0.6) is 0 Å². The van der Waals surface area contributed by atoms with Crippen LogP contribution in [-0.4, -0.2) is 38.5 Å². The van der Waals surface area contributed by atoms with Crippen LogP contribution in [0.1, 0.15) is 41.8 Å². The standard InChI is InChI=1S/C22H25N3O2/c1-22(2,27)10-9-16-5-4-6-18(13-16)21(26)25(3)15-17-7-8-19-20(14-17)24-12-11-23-19/h4-8,11-14,27H,9-10,15H2,1-3H3. The lowest BCUT2D eigenvalue weighted by Gasteiger charge is -2.19. The summed E-state index contributed by atoms with van der Waals surface area (Å²) in [6.45, 7) is 4.09. The van der Waals surface area contributed by atoms with E-state index in [0.717, 1.165) is 28.6 Å². The Morgan fingerprint density at radius 2 is 1.78 bits per heavy atom. The van der Waals surface area contributed by atoms with E-state index < -0.39 is 5.60 Å². The number of nitrogens with zero attached hydrogens (tertiary/aromatic N) is 3. The molecule has 0 aliphatic rings. The Balaban J connectivity index is 1.70. The smallest absolute Gasteiger partial charge is 0.253 e. The Hall–Kier alpha value is -2.79. The number of benzene rings is 2. The van der Waals surface area contributed by atoms with Crippen LogP contribution in [0.2, 0.25) is 0 Å². The van der Waals surface area contributed by atoms with Crippen molar-refractivity contribution in [2.45, 2.75) is 38.8 Å². The van der Waals surface area contributed by atoms with Gasteiger partial charge in [-0.05, 0) is 62.1 Å². The molecule has 1 aromatic heterocycles. The van der Waals surface area contributed by atoms with Crippen LogP contribution in [-0.2, 0) is 13.0 Å². The Morgan fingerprint density at radius 1 is 1.04 bits per heavy atom. The summed E-state index contributed by atoms with van der Waals surface area (Å²) >= 11 is 0. The highest BCUT2D eigenvalue weighted by atomic mass is 16.3. The van der Waals surface area contributed by atoms with Crippen molar-refractivity contribution in [2.24, 2.45) is 0 Å². The molecule has 2 aromatic carbocycles. The van der Waals surface area contributed by atoms with E-state index in [9.17, 15) is 9.90 Å². The number of carbonyl (C=O) groups excluding carboxylic acids is 1. The minimum atomic E-state index is -0.713. The van der Waals surface area contributed by atoms with Crippen molar-refractivity contribution >= 4 is 16.9 Å². The number of amides is 1. The third-order valence-electron chi connectivity index (χ3n) is 4.50. The number of fused-ring (bicyclic) bond motifs is 1. The summed E-state index contributed by atoms with van der Waals surface area (Å²) in [4.78, 5) is 23.1. The van der Waals surface area contributed by atoms with Crippen molar-refractivity contribution in [3.63, 3.8) is 0 Å². The molecule has 1 amide bonds. The average molecular weight is 363 g/mol. The Kier molecular flexibility index (Phi) is 5.51. The maximum atomic E-state index is 12.8. The van der Waals surface area contributed by atoms with Crippen LogP contribution in [0.3, 0.4) is 0 Å². The second-order valence-corrected chi connectivity index (χ2v) is 7.55. The predicted octanol–water partition coefficient (Wildman–Crippen LogP) is 3.61. The zero-order chi connectivity index (χ0) is 19.4. The van der Waals surface area contributed by atoms with E-state index in [1.54, 1.807) is 38.2 Å². The van der Waals surface area contributed by atoms with E-state index in [0.29, 0.717) is 18.5 Å². The molecule has 0 spiro atoms. The number of aryl methyl sites for hydroxylation is 1. The molecule has 0 aliphatic carbocycles. The summed E-state index contributed by atoms with van der Waals surface area (Å²) in [7, 11) is 1.80. The van der Waals surface area contributed by atoms with Crippen LogP contribution in [0, 0.1) is 0 Å². The van der Waals surface area contributed by atoms with E-state index in [1.165, 1.54) is 0 Å². The van der Waals surface area contributed by atoms with Gasteiger partial charge in [0.15, 0.2) is 0 Å². The molecule has 0 bridgehead atoms. The normalized spacial score (nSPS) is 11.6. The van der Waals surface area contributed by atoms with Crippen LogP contribution in [0.4, 0.5) is 0 Å². The highest BCUT2D eigenvalue weighted by Crippen LogP contribution is 2.17. The fourth-order valence-electron chi connectivity index (χ4n) is 2.98. The van der Waals surface area contributed by atoms with Gasteiger partial charge in [0, 0.05) is 31.5 Å². The van der Waals surface area contributed by atoms with Crippen LogP contribution in [0.25, 0.3) is 11.0 Å². The quantitative estimate of drug-likeness (QED) is 0.727. The van der Waals surface area contributed by atoms with Crippen molar-refractivity contribution in [1.29, 1.82) is 0 Å². The molecule has 5 nitrogen and oxygen atoms in total. The van der Waals surface area contributed by atoms with Gasteiger partial charge in [0.25, 0.3) is 5.91 Å². The summed E-state index contributed by atoms with van der Waals surface area (Å²) < 4.78 is 0. The SMILES string of the molecule is CN(Cc1ccc2nccnc2c1)C(=O)c1cccc(CCC(C)(C)O)c1. The topological polar surface area (TPSA) is 66.3 Å². The second-order valence-electron chi connectivity index (χ2n) is 7.55. The number of aliphatic hydroxyl groups is 1. The Morgan fingerprint density at radius 3 is 2.52 bits per heavy atom. The van der Waals surface area contributed by atoms with Gasteiger partial charge in [-0.25, -0.2) is 0 Å². The molecule has 5 heteroatoms. The fraction of sp³-hybridized carbons (Fsp3) is 0.318. The molecule has 0 atom stereocenters. The average Bonchev–Trinajstić information content (AvgIpc) is 2.65. The summed E-state index contributed by atoms with van der Waals surface area (Å²) in [5.74, 6) is -0.0284. The lowest BCUT2D eigenvalue weighted by Crippen LogP contribution is -2.26. The van der Waals surface area contributed by atoms with Crippen LogP contribution in [0.15, 0.2) is 54.9 Å². The van der Waals surface area contributed by atoms with Gasteiger partial charge >= 0.3 is 0 Å². The summed E-state index contributed by atoms with van der Waals surface area (Å²) in [5, 5.41) is 9.90. The van der Waals surface area contributed by atoms with Crippen molar-refractivity contribution in [2.75, 3.05) is 7.05 Å². The Bertz CT molecular complexity index is 947. The van der Waals surface area contributed by atoms with E-state index >= 15 is 0 Å². The third-order valence-corrected chi connectivity index (χ3v) is 4.50. The molecule has 1 N–H and O–H groups in total. The fourth-order valence-corrected chi connectivity index (χ4v) is 2.98. The maximum absolute atomic E-state index is 12.8. The number of hydrogen-bond acceptors (Lipinski definition) is 4. The molecule has 3 aromatic rings. The van der Waals surface area contributed by atoms with Gasteiger partial charge in [-0.3, -0.25) is 14.8 Å². The molecule has 27 heavy (non-hydrogen) atoms. The zero-order valence-corrected chi connectivity index (χ0v) is 16.0. The largest absolute Gasteiger partial charge is 0.390 e. The van der Waals surface area contributed by atoms with Crippen molar-refractivity contribution in [3.8, 4) is 0 Å². The summed E-state index contributed by atoms with van der Waals surface area (Å²) in [6, 6.07) is 13.5. The number of aromatic nitrogens is 2. The second kappa shape index (κ2) is 7.84. The third kappa shape index (κ3) is 5.11. The highest BCUT2D eigenvalue weighted by Gasteiger charge is 2.15. The molecule has 0 aliphatic heterocycles. The van der Waals surface area contributed by atoms with E-state index in [4.69, 9.17) is 0 Å². The van der Waals surface area contributed by atoms with Crippen molar-refractivity contribution in [3.05, 3.63) is 71.5 Å². The lowest BCUT2D eigenvalue weighted by atomic mass is 9.98. The maximum Gasteiger partial charge on any atom is 0.253 e. The van der Waals surface area contributed by atoms with Gasteiger partial charge in [0.2, 0.25) is 0 Å². The predicted molar refractivity (Wildman–Crippen MR) is 106 cm³/mol. The number of rotatable bonds is 6. The minimum Gasteiger partial charge on any atom is -0.390 e. The van der Waals surface area contributed by atoms with Gasteiger partial charge in [0.05, 0.1) is 16.6 Å². The molecule has 0 saturated heterocycles. The van der Waals surface area contributed by atoms with Crippen molar-refractivity contribution < 1.29 is 9.90 Å². The highest BCUT2D eigenvalue weighted by molar-refractivity contribution is 5.94. The lowest BCUT2D eigenvalue weighted by molar-refractivity contribution is 0.0714. The van der Waals surface area contributed by atoms with Gasteiger partial charge < -0.3 is 10.0 Å². The van der Waals surface area contributed by atoms with Gasteiger partial charge in [0.1, 0.15) is 0 Å². The molecule has 140 valence electrons. The first-order valence-electron chi connectivity index (χ1n) is 9.08. The minimum absolute atomic E-state index is 0.0284. The van der Waals surface area contributed by atoms with Crippen LogP contribution >= 0.6 is 0 Å². The Labute approximate surface area is 159 Å². The first-order chi connectivity index (χ1) is 12.8. The van der Waals surface area contributed by atoms with E-state index in [1.807, 2.05) is 42.5 Å². The van der Waals surface area contributed by atoms with E-state index in [2.05, 4.69) is 9.97 Å². The monoisotopic (exact) mass is 363 g/mol. The molecular formula is C22H25N3O2. The molecular weight excluding hydrogens is 338 g/mol. The molecule has 3 rings (SSSR count). The molecule has 0 fully saturated rings. The number of hydrogen-bond donors (Lipinski definition) is 1. The molecule has 0 saturated carbocycles. The molecule has 0 radical (unpaired) electrons. The van der Waals surface area contributed by atoms with Crippen molar-refractivity contribution in [1.82, 2.24) is 14.9 Å². The summed E-state index contributed by atoms with van der Waals surface area (Å²) in [6.07, 6.45) is 4.72. The van der Waals surface area contributed by atoms with E-state index in [-0.39, 0.29) is 5.91 Å². The number of carbonyl (C=O) groups is 1. The first kappa shape index (κ1) is 19.0. The van der Waals surface area contributed by atoms with Crippen LogP contribution < -0.4 is 0 Å². The molecule has 0 unspecified atom stereocenters. The van der Waals surface area contributed by atoms with Gasteiger partial charge in [-0.2, -0.15) is 0 Å².